The largest absolute Gasteiger partial charge is 0.495 e. The summed E-state index contributed by atoms with van der Waals surface area (Å²) in [5.74, 6) is 0.221. The van der Waals surface area contributed by atoms with Gasteiger partial charge in [-0.2, -0.15) is 0 Å². The summed E-state index contributed by atoms with van der Waals surface area (Å²) in [6.45, 7) is 4.18. The Balaban J connectivity index is 1.87. The van der Waals surface area contributed by atoms with Gasteiger partial charge in [0, 0.05) is 5.69 Å². The minimum Gasteiger partial charge on any atom is -0.495 e. The van der Waals surface area contributed by atoms with E-state index in [1.54, 1.807) is 31.2 Å². The zero-order valence-electron chi connectivity index (χ0n) is 15.6. The number of likely N-dealkylation sites (N-methyl/N-ethyl adjacent to an activating group) is 1. The molecule has 0 bridgehead atoms. The second-order valence-corrected chi connectivity index (χ2v) is 6.22. The van der Waals surface area contributed by atoms with Gasteiger partial charge in [-0.05, 0) is 50.2 Å². The van der Waals surface area contributed by atoms with Crippen molar-refractivity contribution in [1.82, 2.24) is 4.90 Å². The van der Waals surface area contributed by atoms with Gasteiger partial charge in [0.05, 0.1) is 25.9 Å². The van der Waals surface area contributed by atoms with Crippen molar-refractivity contribution in [3.8, 4) is 5.75 Å². The maximum absolute atomic E-state index is 12.2. The number of amides is 2. The fraction of sp³-hybridized carbons (Fsp3) is 0.300. The summed E-state index contributed by atoms with van der Waals surface area (Å²) >= 11 is 0. The lowest BCUT2D eigenvalue weighted by atomic mass is 10.1. The molecule has 26 heavy (non-hydrogen) atoms. The van der Waals surface area contributed by atoms with E-state index in [2.05, 4.69) is 10.6 Å². The van der Waals surface area contributed by atoms with E-state index >= 15 is 0 Å². The van der Waals surface area contributed by atoms with Gasteiger partial charge in [0.2, 0.25) is 11.8 Å². The highest BCUT2D eigenvalue weighted by atomic mass is 16.5. The van der Waals surface area contributed by atoms with Crippen LogP contribution in [-0.4, -0.2) is 44.0 Å². The molecule has 2 aromatic carbocycles. The molecular weight excluding hydrogens is 330 g/mol. The monoisotopic (exact) mass is 355 g/mol. The van der Waals surface area contributed by atoms with Gasteiger partial charge >= 0.3 is 0 Å². The maximum atomic E-state index is 12.2. The minimum absolute atomic E-state index is 0.0955. The first-order chi connectivity index (χ1) is 12.4. The number of carbonyl (C=O) groups is 2. The molecule has 0 saturated carbocycles. The standard InChI is InChI=1S/C20H25N3O3/c1-14-8-7-10-16(15(14)2)21-19(24)12-23(3)13-20(25)22-17-9-5-6-11-18(17)26-4/h5-11H,12-13H2,1-4H3,(H,21,24)(H,22,25). The second-order valence-electron chi connectivity index (χ2n) is 6.22. The molecule has 2 amide bonds. The molecule has 0 aliphatic heterocycles. The summed E-state index contributed by atoms with van der Waals surface area (Å²) in [5.41, 5.74) is 3.56. The molecule has 2 rings (SSSR count). The van der Waals surface area contributed by atoms with Gasteiger partial charge in [0.15, 0.2) is 0 Å². The summed E-state index contributed by atoms with van der Waals surface area (Å²) in [4.78, 5) is 26.1. The highest BCUT2D eigenvalue weighted by Crippen LogP contribution is 2.22. The fourth-order valence-corrected chi connectivity index (χ4v) is 2.56. The molecule has 0 fully saturated rings. The van der Waals surface area contributed by atoms with Crippen molar-refractivity contribution in [2.24, 2.45) is 0 Å². The molecule has 2 aromatic rings. The average Bonchev–Trinajstić information content (AvgIpc) is 2.59. The average molecular weight is 355 g/mol. The Kier molecular flexibility index (Phi) is 6.74. The van der Waals surface area contributed by atoms with Crippen molar-refractivity contribution < 1.29 is 14.3 Å². The zero-order chi connectivity index (χ0) is 19.1. The summed E-state index contributed by atoms with van der Waals surface area (Å²) in [7, 11) is 3.28. The Bertz CT molecular complexity index is 790. The third kappa shape index (κ3) is 5.32. The molecule has 138 valence electrons. The van der Waals surface area contributed by atoms with Crippen LogP contribution in [0.2, 0.25) is 0 Å². The second kappa shape index (κ2) is 9.01. The van der Waals surface area contributed by atoms with E-state index in [1.165, 1.54) is 0 Å². The Morgan fingerprint density at radius 1 is 0.923 bits per heavy atom. The lowest BCUT2D eigenvalue weighted by Crippen LogP contribution is -2.36. The lowest BCUT2D eigenvalue weighted by Gasteiger charge is -2.17. The van der Waals surface area contributed by atoms with E-state index in [-0.39, 0.29) is 24.9 Å². The maximum Gasteiger partial charge on any atom is 0.238 e. The van der Waals surface area contributed by atoms with Crippen LogP contribution in [0.5, 0.6) is 5.75 Å². The van der Waals surface area contributed by atoms with Crippen LogP contribution in [0.4, 0.5) is 11.4 Å². The molecule has 0 aliphatic carbocycles. The molecule has 0 aromatic heterocycles. The van der Waals surface area contributed by atoms with Crippen molar-refractivity contribution in [1.29, 1.82) is 0 Å². The molecule has 0 atom stereocenters. The Morgan fingerprint density at radius 2 is 1.50 bits per heavy atom. The summed E-state index contributed by atoms with van der Waals surface area (Å²) in [6, 6.07) is 13.0. The van der Waals surface area contributed by atoms with Crippen molar-refractivity contribution in [2.75, 3.05) is 37.9 Å². The number of hydrogen-bond acceptors (Lipinski definition) is 4. The SMILES string of the molecule is COc1ccccc1NC(=O)CN(C)CC(=O)Nc1cccc(C)c1C. The molecule has 0 radical (unpaired) electrons. The van der Waals surface area contributed by atoms with Crippen molar-refractivity contribution in [3.05, 3.63) is 53.6 Å². The molecular formula is C20H25N3O3. The zero-order valence-corrected chi connectivity index (χ0v) is 15.6. The molecule has 6 heteroatoms. The number of nitrogens with one attached hydrogen (secondary N) is 2. The summed E-state index contributed by atoms with van der Waals surface area (Å²) in [6.07, 6.45) is 0. The first-order valence-corrected chi connectivity index (χ1v) is 8.38. The normalized spacial score (nSPS) is 10.5. The predicted molar refractivity (Wildman–Crippen MR) is 104 cm³/mol. The van der Waals surface area contributed by atoms with Crippen molar-refractivity contribution in [3.63, 3.8) is 0 Å². The topological polar surface area (TPSA) is 70.7 Å². The van der Waals surface area contributed by atoms with Gasteiger partial charge in [-0.15, -0.1) is 0 Å². The van der Waals surface area contributed by atoms with Crippen LogP contribution in [0.3, 0.4) is 0 Å². The number of aryl methyl sites for hydroxylation is 1. The highest BCUT2D eigenvalue weighted by Gasteiger charge is 2.13. The Hall–Kier alpha value is -2.86. The number of hydrogen-bond donors (Lipinski definition) is 2. The molecule has 0 spiro atoms. The lowest BCUT2D eigenvalue weighted by molar-refractivity contribution is -0.119. The van der Waals surface area contributed by atoms with Crippen LogP contribution in [0.1, 0.15) is 11.1 Å². The van der Waals surface area contributed by atoms with Crippen LogP contribution in [0.15, 0.2) is 42.5 Å². The number of para-hydroxylation sites is 2. The van der Waals surface area contributed by atoms with Gasteiger partial charge in [0.1, 0.15) is 5.75 Å². The van der Waals surface area contributed by atoms with Gasteiger partial charge < -0.3 is 15.4 Å². The molecule has 0 saturated heterocycles. The highest BCUT2D eigenvalue weighted by molar-refractivity contribution is 5.95. The van der Waals surface area contributed by atoms with Crippen LogP contribution in [0, 0.1) is 13.8 Å². The van der Waals surface area contributed by atoms with Crippen LogP contribution in [-0.2, 0) is 9.59 Å². The number of rotatable bonds is 7. The number of carbonyl (C=O) groups excluding carboxylic acids is 2. The number of benzene rings is 2. The van der Waals surface area contributed by atoms with Gasteiger partial charge in [-0.1, -0.05) is 24.3 Å². The van der Waals surface area contributed by atoms with Gasteiger partial charge in [-0.25, -0.2) is 0 Å². The number of nitrogens with zero attached hydrogens (tertiary/aromatic N) is 1. The Morgan fingerprint density at radius 3 is 2.15 bits per heavy atom. The van der Waals surface area contributed by atoms with E-state index in [0.29, 0.717) is 11.4 Å². The molecule has 2 N–H and O–H groups in total. The first-order valence-electron chi connectivity index (χ1n) is 8.38. The third-order valence-corrected chi connectivity index (χ3v) is 4.09. The molecule has 6 nitrogen and oxygen atoms in total. The number of anilines is 2. The minimum atomic E-state index is -0.212. The van der Waals surface area contributed by atoms with Gasteiger partial charge in [-0.3, -0.25) is 14.5 Å². The molecule has 0 heterocycles. The van der Waals surface area contributed by atoms with E-state index in [4.69, 9.17) is 4.74 Å². The van der Waals surface area contributed by atoms with E-state index in [9.17, 15) is 9.59 Å². The van der Waals surface area contributed by atoms with Crippen molar-refractivity contribution >= 4 is 23.2 Å². The smallest absolute Gasteiger partial charge is 0.238 e. The van der Waals surface area contributed by atoms with Crippen molar-refractivity contribution in [2.45, 2.75) is 13.8 Å². The first kappa shape index (κ1) is 19.5. The molecule has 0 unspecified atom stereocenters. The van der Waals surface area contributed by atoms with Gasteiger partial charge in [0.25, 0.3) is 0 Å². The Labute approximate surface area is 154 Å². The number of methoxy groups -OCH3 is 1. The summed E-state index contributed by atoms with van der Waals surface area (Å²) < 4.78 is 5.21. The quantitative estimate of drug-likeness (QED) is 0.801. The van der Waals surface area contributed by atoms with Crippen LogP contribution in [0.25, 0.3) is 0 Å². The third-order valence-electron chi connectivity index (χ3n) is 4.09. The van der Waals surface area contributed by atoms with Crippen LogP contribution < -0.4 is 15.4 Å². The predicted octanol–water partition coefficient (Wildman–Crippen LogP) is 2.82. The number of ether oxygens (including phenoxy) is 1. The van der Waals surface area contributed by atoms with Crippen LogP contribution >= 0.6 is 0 Å². The fourth-order valence-electron chi connectivity index (χ4n) is 2.56. The summed E-state index contributed by atoms with van der Waals surface area (Å²) in [5, 5.41) is 5.69. The van der Waals surface area contributed by atoms with E-state index in [1.807, 2.05) is 44.2 Å². The van der Waals surface area contributed by atoms with E-state index in [0.717, 1.165) is 16.8 Å². The molecule has 0 aliphatic rings. The van der Waals surface area contributed by atoms with E-state index < -0.39 is 0 Å².